The molecule has 1 amide bonds. The summed E-state index contributed by atoms with van der Waals surface area (Å²) in [6.45, 7) is 0.00965. The Labute approximate surface area is 160 Å². The molecule has 0 unspecified atom stereocenters. The molecule has 0 radical (unpaired) electrons. The maximum Gasteiger partial charge on any atom is 0.416 e. The fourth-order valence-electron chi connectivity index (χ4n) is 3.53. The van der Waals surface area contributed by atoms with Crippen LogP contribution in [0.1, 0.15) is 39.3 Å². The van der Waals surface area contributed by atoms with Crippen molar-refractivity contribution >= 4 is 5.91 Å². The Bertz CT molecular complexity index is 1010. The number of halogens is 3. The van der Waals surface area contributed by atoms with E-state index in [1.807, 2.05) is 30.3 Å². The monoisotopic (exact) mass is 385 g/mol. The van der Waals surface area contributed by atoms with Crippen molar-refractivity contribution in [2.75, 3.05) is 0 Å². The summed E-state index contributed by atoms with van der Waals surface area (Å²) in [7, 11) is 0. The number of hydrogen-bond acceptors (Lipinski definition) is 2. The van der Waals surface area contributed by atoms with Gasteiger partial charge in [0.2, 0.25) is 0 Å². The first-order valence-corrected chi connectivity index (χ1v) is 9.04. The number of rotatable bonds is 4. The molecule has 7 heteroatoms. The Morgan fingerprint density at radius 1 is 1.07 bits per heavy atom. The van der Waals surface area contributed by atoms with Gasteiger partial charge in [0.05, 0.1) is 11.3 Å². The van der Waals surface area contributed by atoms with Crippen molar-refractivity contribution in [1.82, 2.24) is 15.1 Å². The number of aromatic nitrogens is 2. The van der Waals surface area contributed by atoms with Gasteiger partial charge in [-0.05, 0) is 49.1 Å². The Hall–Kier alpha value is -3.09. The van der Waals surface area contributed by atoms with E-state index in [-0.39, 0.29) is 12.5 Å². The zero-order chi connectivity index (χ0) is 19.7. The van der Waals surface area contributed by atoms with Crippen LogP contribution < -0.4 is 5.32 Å². The smallest absolute Gasteiger partial charge is 0.347 e. The van der Waals surface area contributed by atoms with Crippen molar-refractivity contribution in [3.8, 4) is 5.69 Å². The second-order valence-electron chi connectivity index (χ2n) is 6.76. The van der Waals surface area contributed by atoms with Gasteiger partial charge in [0.1, 0.15) is 0 Å². The van der Waals surface area contributed by atoms with Crippen LogP contribution in [0, 0.1) is 0 Å². The van der Waals surface area contributed by atoms with Crippen molar-refractivity contribution in [1.29, 1.82) is 0 Å². The standard InChI is InChI=1S/C21H18F3N3O/c22-21(23,24)15-7-4-6-14(12-15)13-25-20(28)19-17-10-5-11-18(17)27(26-19)16-8-2-1-3-9-16/h1-4,6-9,12H,5,10-11,13H2,(H,25,28). The summed E-state index contributed by atoms with van der Waals surface area (Å²) in [4.78, 5) is 12.7. The third kappa shape index (κ3) is 3.52. The second-order valence-corrected chi connectivity index (χ2v) is 6.76. The van der Waals surface area contributed by atoms with Crippen LogP contribution in [-0.4, -0.2) is 15.7 Å². The first-order valence-electron chi connectivity index (χ1n) is 9.04. The van der Waals surface area contributed by atoms with Crippen LogP contribution >= 0.6 is 0 Å². The number of nitrogens with zero attached hydrogens (tertiary/aromatic N) is 2. The summed E-state index contributed by atoms with van der Waals surface area (Å²) in [5.74, 6) is -0.370. The fraction of sp³-hybridized carbons (Fsp3) is 0.238. The van der Waals surface area contributed by atoms with E-state index in [9.17, 15) is 18.0 Å². The minimum atomic E-state index is -4.41. The van der Waals surface area contributed by atoms with Crippen molar-refractivity contribution in [2.24, 2.45) is 0 Å². The van der Waals surface area contributed by atoms with Gasteiger partial charge in [0, 0.05) is 17.8 Å². The zero-order valence-corrected chi connectivity index (χ0v) is 15.0. The van der Waals surface area contributed by atoms with Crippen LogP contribution in [0.3, 0.4) is 0 Å². The number of para-hydroxylation sites is 1. The number of nitrogens with one attached hydrogen (secondary N) is 1. The number of carbonyl (C=O) groups excluding carboxylic acids is 1. The van der Waals surface area contributed by atoms with Gasteiger partial charge in [0.15, 0.2) is 5.69 Å². The molecule has 0 bridgehead atoms. The Morgan fingerprint density at radius 2 is 1.86 bits per heavy atom. The number of amides is 1. The molecular weight excluding hydrogens is 367 g/mol. The Balaban J connectivity index is 1.55. The van der Waals surface area contributed by atoms with E-state index in [1.165, 1.54) is 6.07 Å². The van der Waals surface area contributed by atoms with Gasteiger partial charge >= 0.3 is 6.18 Å². The van der Waals surface area contributed by atoms with Gasteiger partial charge in [-0.25, -0.2) is 4.68 Å². The molecule has 2 aromatic carbocycles. The van der Waals surface area contributed by atoms with Gasteiger partial charge in [-0.3, -0.25) is 4.79 Å². The lowest BCUT2D eigenvalue weighted by atomic mass is 10.1. The average Bonchev–Trinajstić information content (AvgIpc) is 3.29. The molecule has 4 rings (SSSR count). The predicted molar refractivity (Wildman–Crippen MR) is 98.2 cm³/mol. The summed E-state index contributed by atoms with van der Waals surface area (Å²) in [5.41, 5.74) is 2.84. The maximum absolute atomic E-state index is 12.8. The molecule has 1 aliphatic rings. The second kappa shape index (κ2) is 7.14. The number of fused-ring (bicyclic) bond motifs is 1. The molecule has 144 valence electrons. The lowest BCUT2D eigenvalue weighted by Gasteiger charge is -2.09. The van der Waals surface area contributed by atoms with Crippen LogP contribution in [0.5, 0.6) is 0 Å². The molecule has 0 saturated heterocycles. The van der Waals surface area contributed by atoms with E-state index in [2.05, 4.69) is 10.4 Å². The van der Waals surface area contributed by atoms with Gasteiger partial charge in [0.25, 0.3) is 5.91 Å². The summed E-state index contributed by atoms with van der Waals surface area (Å²) in [6.07, 6.45) is -1.84. The zero-order valence-electron chi connectivity index (χ0n) is 15.0. The van der Waals surface area contributed by atoms with Gasteiger partial charge < -0.3 is 5.32 Å². The van der Waals surface area contributed by atoms with E-state index in [1.54, 1.807) is 10.7 Å². The SMILES string of the molecule is O=C(NCc1cccc(C(F)(F)F)c1)c1nn(-c2ccccc2)c2c1CCC2. The fourth-order valence-corrected chi connectivity index (χ4v) is 3.53. The lowest BCUT2D eigenvalue weighted by Crippen LogP contribution is -2.24. The van der Waals surface area contributed by atoms with E-state index in [4.69, 9.17) is 0 Å². The van der Waals surface area contributed by atoms with Crippen LogP contribution in [0.15, 0.2) is 54.6 Å². The lowest BCUT2D eigenvalue weighted by molar-refractivity contribution is -0.137. The van der Waals surface area contributed by atoms with Crippen molar-refractivity contribution < 1.29 is 18.0 Å². The molecular formula is C21H18F3N3O. The minimum absolute atomic E-state index is 0.00965. The number of benzene rings is 2. The van der Waals surface area contributed by atoms with Crippen LogP contribution in [-0.2, 0) is 25.6 Å². The molecule has 0 spiro atoms. The molecule has 1 aromatic heterocycles. The highest BCUT2D eigenvalue weighted by molar-refractivity contribution is 5.94. The molecule has 1 aliphatic carbocycles. The van der Waals surface area contributed by atoms with Gasteiger partial charge in [-0.2, -0.15) is 18.3 Å². The normalized spacial score (nSPS) is 13.4. The summed E-state index contributed by atoms with van der Waals surface area (Å²) >= 11 is 0. The Kier molecular flexibility index (Phi) is 4.66. The van der Waals surface area contributed by atoms with E-state index >= 15 is 0 Å². The van der Waals surface area contributed by atoms with Crippen molar-refractivity contribution in [3.63, 3.8) is 0 Å². The minimum Gasteiger partial charge on any atom is -0.347 e. The highest BCUT2D eigenvalue weighted by atomic mass is 19.4. The highest BCUT2D eigenvalue weighted by Crippen LogP contribution is 2.30. The average molecular weight is 385 g/mol. The molecule has 4 nitrogen and oxygen atoms in total. The van der Waals surface area contributed by atoms with Crippen LogP contribution in [0.2, 0.25) is 0 Å². The molecule has 1 N–H and O–H groups in total. The maximum atomic E-state index is 12.8. The van der Waals surface area contributed by atoms with Gasteiger partial charge in [-0.15, -0.1) is 0 Å². The molecule has 28 heavy (non-hydrogen) atoms. The summed E-state index contributed by atoms with van der Waals surface area (Å²) < 4.78 is 40.3. The molecule has 0 atom stereocenters. The molecule has 0 aliphatic heterocycles. The van der Waals surface area contributed by atoms with E-state index < -0.39 is 11.7 Å². The van der Waals surface area contributed by atoms with Crippen molar-refractivity contribution in [3.05, 3.63) is 82.7 Å². The Morgan fingerprint density at radius 3 is 2.61 bits per heavy atom. The number of hydrogen-bond donors (Lipinski definition) is 1. The largest absolute Gasteiger partial charge is 0.416 e. The third-order valence-corrected chi connectivity index (χ3v) is 4.85. The van der Waals surface area contributed by atoms with E-state index in [0.29, 0.717) is 11.3 Å². The van der Waals surface area contributed by atoms with Crippen LogP contribution in [0.4, 0.5) is 13.2 Å². The third-order valence-electron chi connectivity index (χ3n) is 4.85. The molecule has 1 heterocycles. The molecule has 0 fully saturated rings. The molecule has 3 aromatic rings. The van der Waals surface area contributed by atoms with Gasteiger partial charge in [-0.1, -0.05) is 30.3 Å². The van der Waals surface area contributed by atoms with Crippen LogP contribution in [0.25, 0.3) is 5.69 Å². The first kappa shape index (κ1) is 18.3. The summed E-state index contributed by atoms with van der Waals surface area (Å²) in [5, 5.41) is 7.20. The number of alkyl halides is 3. The topological polar surface area (TPSA) is 46.9 Å². The predicted octanol–water partition coefficient (Wildman–Crippen LogP) is 4.31. The highest BCUT2D eigenvalue weighted by Gasteiger charge is 2.30. The number of carbonyl (C=O) groups is 1. The van der Waals surface area contributed by atoms with Crippen molar-refractivity contribution in [2.45, 2.75) is 32.0 Å². The first-order chi connectivity index (χ1) is 13.4. The summed E-state index contributed by atoms with van der Waals surface area (Å²) in [6, 6.07) is 14.5. The van der Waals surface area contributed by atoms with E-state index in [0.717, 1.165) is 48.3 Å². The quantitative estimate of drug-likeness (QED) is 0.728. The molecule has 0 saturated carbocycles.